The van der Waals surface area contributed by atoms with Gasteiger partial charge in [-0.2, -0.15) is 0 Å². The molecule has 1 unspecified atom stereocenters. The van der Waals surface area contributed by atoms with Crippen molar-refractivity contribution in [3.05, 3.63) is 29.8 Å². The van der Waals surface area contributed by atoms with E-state index in [0.717, 1.165) is 31.8 Å². The lowest BCUT2D eigenvalue weighted by Crippen LogP contribution is -2.38. The average molecular weight is 293 g/mol. The molecule has 0 aliphatic rings. The zero-order chi connectivity index (χ0) is 15.7. The second kappa shape index (κ2) is 9.77. The quantitative estimate of drug-likeness (QED) is 0.719. The van der Waals surface area contributed by atoms with Crippen LogP contribution in [0.5, 0.6) is 5.75 Å². The summed E-state index contributed by atoms with van der Waals surface area (Å²) in [5.74, 6) is 0.960. The summed E-state index contributed by atoms with van der Waals surface area (Å²) in [7, 11) is 4.21. The summed E-state index contributed by atoms with van der Waals surface area (Å²) in [6, 6.07) is 8.48. The Balaban J connectivity index is 2.95. The molecule has 1 atom stereocenters. The van der Waals surface area contributed by atoms with Gasteiger partial charge in [-0.25, -0.2) is 0 Å². The number of nitrogens with zero attached hydrogens (tertiary/aromatic N) is 2. The van der Waals surface area contributed by atoms with E-state index in [9.17, 15) is 0 Å². The molecule has 1 aromatic carbocycles. The van der Waals surface area contributed by atoms with E-state index in [1.165, 1.54) is 5.56 Å². The Hall–Kier alpha value is -1.10. The van der Waals surface area contributed by atoms with E-state index >= 15 is 0 Å². The lowest BCUT2D eigenvalue weighted by atomic mass is 10.0. The zero-order valence-electron chi connectivity index (χ0n) is 14.0. The smallest absolute Gasteiger partial charge is 0.124 e. The number of benzene rings is 1. The van der Waals surface area contributed by atoms with Crippen LogP contribution in [0.25, 0.3) is 0 Å². The van der Waals surface area contributed by atoms with Crippen LogP contribution >= 0.6 is 0 Å². The number of hydrogen-bond acceptors (Lipinski definition) is 4. The summed E-state index contributed by atoms with van der Waals surface area (Å²) in [6.45, 7) is 8.62. The molecule has 1 rings (SSSR count). The van der Waals surface area contributed by atoms with E-state index in [1.807, 2.05) is 19.1 Å². The Bertz CT molecular complexity index is 395. The highest BCUT2D eigenvalue weighted by Crippen LogP contribution is 2.29. The Morgan fingerprint density at radius 1 is 1.10 bits per heavy atom. The molecule has 0 fully saturated rings. The van der Waals surface area contributed by atoms with Gasteiger partial charge in [-0.3, -0.25) is 4.90 Å². The van der Waals surface area contributed by atoms with Gasteiger partial charge >= 0.3 is 0 Å². The van der Waals surface area contributed by atoms with Gasteiger partial charge in [-0.05, 0) is 40.1 Å². The highest BCUT2D eigenvalue weighted by atomic mass is 16.5. The molecule has 2 N–H and O–H groups in total. The van der Waals surface area contributed by atoms with E-state index < -0.39 is 0 Å². The Morgan fingerprint density at radius 3 is 2.38 bits per heavy atom. The third-order valence-corrected chi connectivity index (χ3v) is 3.59. The van der Waals surface area contributed by atoms with Gasteiger partial charge in [-0.15, -0.1) is 0 Å². The van der Waals surface area contributed by atoms with Gasteiger partial charge in [0.1, 0.15) is 5.75 Å². The molecule has 1 aromatic rings. The first kappa shape index (κ1) is 18.0. The molecule has 0 aliphatic carbocycles. The maximum Gasteiger partial charge on any atom is 0.124 e. The summed E-state index contributed by atoms with van der Waals surface area (Å²) in [5, 5.41) is 0. The molecule has 0 heterocycles. The number of para-hydroxylation sites is 1. The van der Waals surface area contributed by atoms with Crippen LogP contribution in [0.2, 0.25) is 0 Å². The van der Waals surface area contributed by atoms with Crippen LogP contribution in [0.1, 0.15) is 31.9 Å². The highest BCUT2D eigenvalue weighted by Gasteiger charge is 2.21. The number of nitrogens with two attached hydrogens (primary N) is 1. The normalized spacial score (nSPS) is 12.9. The molecule has 0 aliphatic heterocycles. The van der Waals surface area contributed by atoms with Crippen molar-refractivity contribution in [1.82, 2.24) is 9.80 Å². The van der Waals surface area contributed by atoms with Crippen LogP contribution < -0.4 is 10.5 Å². The first-order chi connectivity index (χ1) is 10.1. The molecular weight excluding hydrogens is 262 g/mol. The molecule has 0 amide bonds. The maximum absolute atomic E-state index is 6.10. The molecule has 0 bridgehead atoms. The third-order valence-electron chi connectivity index (χ3n) is 3.59. The lowest BCUT2D eigenvalue weighted by Gasteiger charge is -2.32. The number of ether oxygens (including phenoxy) is 1. The van der Waals surface area contributed by atoms with Crippen molar-refractivity contribution in [1.29, 1.82) is 0 Å². The summed E-state index contributed by atoms with van der Waals surface area (Å²) >= 11 is 0. The van der Waals surface area contributed by atoms with E-state index in [1.54, 1.807) is 0 Å². The van der Waals surface area contributed by atoms with Crippen LogP contribution in [0.3, 0.4) is 0 Å². The number of hydrogen-bond donors (Lipinski definition) is 1. The topological polar surface area (TPSA) is 41.7 Å². The fourth-order valence-corrected chi connectivity index (χ4v) is 2.55. The van der Waals surface area contributed by atoms with Crippen molar-refractivity contribution in [2.75, 3.05) is 46.9 Å². The van der Waals surface area contributed by atoms with Crippen LogP contribution in [-0.4, -0.2) is 56.7 Å². The predicted molar refractivity (Wildman–Crippen MR) is 89.8 cm³/mol. The predicted octanol–water partition coefficient (Wildman–Crippen LogP) is 2.36. The third kappa shape index (κ3) is 5.65. The lowest BCUT2D eigenvalue weighted by molar-refractivity contribution is 0.178. The molecule has 120 valence electrons. The fraction of sp³-hybridized carbons (Fsp3) is 0.647. The Morgan fingerprint density at radius 2 is 1.81 bits per heavy atom. The maximum atomic E-state index is 6.10. The number of rotatable bonds is 10. The molecule has 4 nitrogen and oxygen atoms in total. The summed E-state index contributed by atoms with van der Waals surface area (Å²) in [6.07, 6.45) is 1.13. The van der Waals surface area contributed by atoms with Crippen molar-refractivity contribution < 1.29 is 4.74 Å². The van der Waals surface area contributed by atoms with Crippen molar-refractivity contribution in [3.63, 3.8) is 0 Å². The first-order valence-electron chi connectivity index (χ1n) is 7.94. The summed E-state index contributed by atoms with van der Waals surface area (Å²) < 4.78 is 5.78. The average Bonchev–Trinajstić information content (AvgIpc) is 2.47. The van der Waals surface area contributed by atoms with Crippen molar-refractivity contribution >= 4 is 0 Å². The largest absolute Gasteiger partial charge is 0.494 e. The van der Waals surface area contributed by atoms with Crippen LogP contribution in [-0.2, 0) is 0 Å². The van der Waals surface area contributed by atoms with E-state index in [-0.39, 0.29) is 6.04 Å². The highest BCUT2D eigenvalue weighted by molar-refractivity contribution is 5.36. The van der Waals surface area contributed by atoms with Crippen LogP contribution in [0.4, 0.5) is 0 Å². The van der Waals surface area contributed by atoms with Gasteiger partial charge in [0, 0.05) is 25.2 Å². The molecular formula is C17H31N3O. The summed E-state index contributed by atoms with van der Waals surface area (Å²) in [5.41, 5.74) is 7.30. The molecule has 0 saturated heterocycles. The van der Waals surface area contributed by atoms with Crippen LogP contribution in [0.15, 0.2) is 24.3 Å². The number of likely N-dealkylation sites (N-methyl/N-ethyl adjacent to an activating group) is 1. The minimum absolute atomic E-state index is 0.215. The zero-order valence-corrected chi connectivity index (χ0v) is 14.0. The van der Waals surface area contributed by atoms with Gasteiger partial charge in [0.05, 0.1) is 12.6 Å². The fourth-order valence-electron chi connectivity index (χ4n) is 2.55. The molecule has 0 spiro atoms. The van der Waals surface area contributed by atoms with Gasteiger partial charge in [0.15, 0.2) is 0 Å². The van der Waals surface area contributed by atoms with Crippen molar-refractivity contribution in [2.45, 2.75) is 26.3 Å². The molecule has 0 radical (unpaired) electrons. The molecule has 0 aromatic heterocycles. The van der Waals surface area contributed by atoms with Gasteiger partial charge in [-0.1, -0.05) is 25.1 Å². The summed E-state index contributed by atoms with van der Waals surface area (Å²) in [4.78, 5) is 4.68. The van der Waals surface area contributed by atoms with E-state index in [4.69, 9.17) is 10.5 Å². The molecule has 21 heavy (non-hydrogen) atoms. The Kier molecular flexibility index (Phi) is 8.35. The van der Waals surface area contributed by atoms with Gasteiger partial charge < -0.3 is 15.4 Å². The van der Waals surface area contributed by atoms with E-state index in [0.29, 0.717) is 13.2 Å². The monoisotopic (exact) mass is 293 g/mol. The van der Waals surface area contributed by atoms with Gasteiger partial charge in [0.25, 0.3) is 0 Å². The second-order valence-electron chi connectivity index (χ2n) is 5.56. The molecule has 0 saturated carbocycles. The van der Waals surface area contributed by atoms with Crippen molar-refractivity contribution in [3.8, 4) is 5.75 Å². The Labute approximate surface area is 129 Å². The van der Waals surface area contributed by atoms with Crippen molar-refractivity contribution in [2.24, 2.45) is 5.73 Å². The minimum atomic E-state index is 0.215. The SMILES string of the molecule is CCCN(CCN(C)C)C(CN)c1ccccc1OCC. The van der Waals surface area contributed by atoms with E-state index in [2.05, 4.69) is 43.0 Å². The second-order valence-corrected chi connectivity index (χ2v) is 5.56. The van der Waals surface area contributed by atoms with Gasteiger partial charge in [0.2, 0.25) is 0 Å². The first-order valence-corrected chi connectivity index (χ1v) is 7.94. The standard InChI is InChI=1S/C17H31N3O/c1-5-11-20(13-12-19(3)4)16(14-18)15-9-7-8-10-17(15)21-6-2/h7-10,16H,5-6,11-14,18H2,1-4H3. The van der Waals surface area contributed by atoms with Crippen LogP contribution in [0, 0.1) is 0 Å². The molecule has 4 heteroatoms. The minimum Gasteiger partial charge on any atom is -0.494 e.